The van der Waals surface area contributed by atoms with Crippen molar-refractivity contribution in [3.63, 3.8) is 0 Å². The minimum Gasteiger partial charge on any atom is -0.368 e. The highest BCUT2D eigenvalue weighted by molar-refractivity contribution is 5.49. The first-order valence-corrected chi connectivity index (χ1v) is 9.77. The van der Waals surface area contributed by atoms with Gasteiger partial charge in [-0.25, -0.2) is 15.0 Å². The molecule has 28 heavy (non-hydrogen) atoms. The fraction of sp³-hybridized carbons (Fsp3) is 0.526. The number of hydrogen-bond donors (Lipinski definition) is 1. The molecule has 1 atom stereocenters. The van der Waals surface area contributed by atoms with E-state index in [0.29, 0.717) is 18.5 Å². The molecule has 1 N–H and O–H groups in total. The van der Waals surface area contributed by atoms with E-state index >= 15 is 0 Å². The lowest BCUT2D eigenvalue weighted by atomic mass is 9.97. The normalized spacial score (nSPS) is 17.3. The number of nitrogens with zero attached hydrogens (tertiary/aromatic N) is 8. The van der Waals surface area contributed by atoms with Gasteiger partial charge in [0, 0.05) is 50.6 Å². The Balaban J connectivity index is 1.49. The standard InChI is InChI=1S/C19H27N9/c1-14(2)23-16-9-17(22-12-21-16)28-7-4-5-15(10-28)19-25-24-18(26(19)3)11-27-8-6-20-13-27/h6,8-9,12-15H,4-5,7,10-11H2,1-3H3,(H,21,22,23). The molecular formula is C19H27N9. The van der Waals surface area contributed by atoms with E-state index in [4.69, 9.17) is 0 Å². The van der Waals surface area contributed by atoms with Gasteiger partial charge in [0.05, 0.1) is 12.9 Å². The van der Waals surface area contributed by atoms with Crippen LogP contribution in [0.25, 0.3) is 0 Å². The third-order valence-electron chi connectivity index (χ3n) is 5.08. The van der Waals surface area contributed by atoms with Gasteiger partial charge in [-0.2, -0.15) is 0 Å². The molecule has 0 saturated carbocycles. The van der Waals surface area contributed by atoms with Gasteiger partial charge in [-0.3, -0.25) is 0 Å². The van der Waals surface area contributed by atoms with E-state index in [1.807, 2.05) is 16.8 Å². The molecule has 0 radical (unpaired) electrons. The Morgan fingerprint density at radius 3 is 2.93 bits per heavy atom. The number of hydrogen-bond acceptors (Lipinski definition) is 7. The summed E-state index contributed by atoms with van der Waals surface area (Å²) in [6, 6.07) is 2.37. The van der Waals surface area contributed by atoms with Gasteiger partial charge in [0.25, 0.3) is 0 Å². The number of rotatable bonds is 6. The van der Waals surface area contributed by atoms with Crippen LogP contribution < -0.4 is 10.2 Å². The summed E-state index contributed by atoms with van der Waals surface area (Å²) in [4.78, 5) is 15.2. The van der Waals surface area contributed by atoms with Gasteiger partial charge in [0.15, 0.2) is 5.82 Å². The van der Waals surface area contributed by atoms with Gasteiger partial charge in [-0.1, -0.05) is 0 Å². The highest BCUT2D eigenvalue weighted by atomic mass is 15.3. The van der Waals surface area contributed by atoms with Gasteiger partial charge in [-0.05, 0) is 26.7 Å². The second kappa shape index (κ2) is 7.95. The summed E-state index contributed by atoms with van der Waals surface area (Å²) in [7, 11) is 2.05. The number of imidazole rings is 1. The smallest absolute Gasteiger partial charge is 0.152 e. The van der Waals surface area contributed by atoms with Gasteiger partial charge in [0.1, 0.15) is 23.8 Å². The van der Waals surface area contributed by atoms with Crippen LogP contribution in [0.4, 0.5) is 11.6 Å². The van der Waals surface area contributed by atoms with E-state index in [0.717, 1.165) is 49.2 Å². The first-order chi connectivity index (χ1) is 13.6. The zero-order valence-electron chi connectivity index (χ0n) is 16.7. The summed E-state index contributed by atoms with van der Waals surface area (Å²) in [6.45, 7) is 6.77. The van der Waals surface area contributed by atoms with Gasteiger partial charge < -0.3 is 19.4 Å². The SMILES string of the molecule is CC(C)Nc1cc(N2CCCC(c3nnc(Cn4ccnc4)n3C)C2)ncn1. The third-order valence-corrected chi connectivity index (χ3v) is 5.08. The minimum atomic E-state index is 0.333. The molecule has 148 valence electrons. The Labute approximate surface area is 164 Å². The molecule has 0 amide bonds. The maximum absolute atomic E-state index is 4.51. The number of piperidine rings is 1. The maximum atomic E-state index is 4.51. The van der Waals surface area contributed by atoms with Crippen LogP contribution in [0.1, 0.15) is 44.3 Å². The molecule has 0 bridgehead atoms. The van der Waals surface area contributed by atoms with Crippen molar-refractivity contribution in [1.29, 1.82) is 0 Å². The van der Waals surface area contributed by atoms with Crippen molar-refractivity contribution in [3.8, 4) is 0 Å². The predicted octanol–water partition coefficient (Wildman–Crippen LogP) is 2.05. The van der Waals surface area contributed by atoms with E-state index in [-0.39, 0.29) is 0 Å². The Hall–Kier alpha value is -2.97. The second-order valence-corrected chi connectivity index (χ2v) is 7.61. The van der Waals surface area contributed by atoms with Crippen molar-refractivity contribution in [3.05, 3.63) is 42.8 Å². The van der Waals surface area contributed by atoms with E-state index in [9.17, 15) is 0 Å². The molecule has 0 aliphatic carbocycles. The fourth-order valence-electron chi connectivity index (χ4n) is 3.70. The first-order valence-electron chi connectivity index (χ1n) is 9.77. The van der Waals surface area contributed by atoms with Gasteiger partial charge in [0.2, 0.25) is 0 Å². The van der Waals surface area contributed by atoms with Gasteiger partial charge in [-0.15, -0.1) is 10.2 Å². The zero-order valence-corrected chi connectivity index (χ0v) is 16.7. The van der Waals surface area contributed by atoms with Crippen LogP contribution in [-0.2, 0) is 13.6 Å². The topological polar surface area (TPSA) is 89.6 Å². The van der Waals surface area contributed by atoms with E-state index < -0.39 is 0 Å². The molecule has 9 nitrogen and oxygen atoms in total. The molecule has 3 aromatic rings. The van der Waals surface area contributed by atoms with E-state index in [1.165, 1.54) is 0 Å². The summed E-state index contributed by atoms with van der Waals surface area (Å²) in [5.41, 5.74) is 0. The van der Waals surface area contributed by atoms with E-state index in [1.54, 1.807) is 18.9 Å². The number of nitrogens with one attached hydrogen (secondary N) is 1. The molecule has 3 aromatic heterocycles. The lowest BCUT2D eigenvalue weighted by molar-refractivity contribution is 0.475. The molecular weight excluding hydrogens is 354 g/mol. The molecule has 1 unspecified atom stereocenters. The van der Waals surface area contributed by atoms with Crippen molar-refractivity contribution in [2.45, 2.75) is 45.2 Å². The Kier molecular flexibility index (Phi) is 5.23. The average molecular weight is 381 g/mol. The van der Waals surface area contributed by atoms with Crippen LogP contribution >= 0.6 is 0 Å². The number of aromatic nitrogens is 7. The summed E-state index contributed by atoms with van der Waals surface area (Å²) >= 11 is 0. The monoisotopic (exact) mass is 381 g/mol. The van der Waals surface area contributed by atoms with Gasteiger partial charge >= 0.3 is 0 Å². The van der Waals surface area contributed by atoms with Crippen LogP contribution in [0.3, 0.4) is 0 Å². The molecule has 9 heteroatoms. The number of anilines is 2. The van der Waals surface area contributed by atoms with Crippen LogP contribution in [-0.4, -0.2) is 53.4 Å². The first kappa shape index (κ1) is 18.4. The van der Waals surface area contributed by atoms with Crippen molar-refractivity contribution < 1.29 is 0 Å². The zero-order chi connectivity index (χ0) is 19.5. The highest BCUT2D eigenvalue weighted by Crippen LogP contribution is 2.29. The second-order valence-electron chi connectivity index (χ2n) is 7.61. The van der Waals surface area contributed by atoms with Crippen LogP contribution in [0.5, 0.6) is 0 Å². The Bertz CT molecular complexity index is 900. The summed E-state index contributed by atoms with van der Waals surface area (Å²) < 4.78 is 4.13. The van der Waals surface area contributed by atoms with Crippen LogP contribution in [0, 0.1) is 0 Å². The molecule has 0 spiro atoms. The molecule has 1 aliphatic heterocycles. The average Bonchev–Trinajstić information content (AvgIpc) is 3.32. The predicted molar refractivity (Wildman–Crippen MR) is 107 cm³/mol. The summed E-state index contributed by atoms with van der Waals surface area (Å²) in [6.07, 6.45) is 9.36. The minimum absolute atomic E-state index is 0.333. The van der Waals surface area contributed by atoms with Crippen molar-refractivity contribution in [1.82, 2.24) is 34.3 Å². The fourth-order valence-corrected chi connectivity index (χ4v) is 3.70. The molecule has 1 aliphatic rings. The summed E-state index contributed by atoms with van der Waals surface area (Å²) in [5, 5.41) is 12.3. The molecule has 4 heterocycles. The molecule has 1 fully saturated rings. The highest BCUT2D eigenvalue weighted by Gasteiger charge is 2.27. The lowest BCUT2D eigenvalue weighted by Crippen LogP contribution is -2.36. The Morgan fingerprint density at radius 1 is 1.25 bits per heavy atom. The Morgan fingerprint density at radius 2 is 2.14 bits per heavy atom. The van der Waals surface area contributed by atoms with Crippen molar-refractivity contribution >= 4 is 11.6 Å². The summed E-state index contributed by atoms with van der Waals surface area (Å²) in [5.74, 6) is 4.14. The van der Waals surface area contributed by atoms with E-state index in [2.05, 4.69) is 60.8 Å². The quantitative estimate of drug-likeness (QED) is 0.699. The largest absolute Gasteiger partial charge is 0.368 e. The van der Waals surface area contributed by atoms with Crippen molar-refractivity contribution in [2.75, 3.05) is 23.3 Å². The van der Waals surface area contributed by atoms with Crippen LogP contribution in [0.2, 0.25) is 0 Å². The lowest BCUT2D eigenvalue weighted by Gasteiger charge is -2.33. The maximum Gasteiger partial charge on any atom is 0.152 e. The van der Waals surface area contributed by atoms with Crippen molar-refractivity contribution in [2.24, 2.45) is 7.05 Å². The molecule has 4 rings (SSSR count). The molecule has 0 aromatic carbocycles. The third kappa shape index (κ3) is 3.97. The molecule has 1 saturated heterocycles. The van der Waals surface area contributed by atoms with Crippen LogP contribution in [0.15, 0.2) is 31.1 Å².